The minimum Gasteiger partial charge on any atom is -0.375 e. The Morgan fingerprint density at radius 2 is 2.00 bits per heavy atom. The standard InChI is InChI=1S/C13H19ClN2O2.ClH/c1-9(16-12(17)7-8-15)13(18-2)10-3-5-11(14)6-4-10;/h3-6,9,13H,7-8,15H2,1-2H3,(H,16,17);1H. The minimum atomic E-state index is -0.205. The number of methoxy groups -OCH3 is 1. The normalized spacial score (nSPS) is 13.3. The van der Waals surface area contributed by atoms with E-state index in [1.165, 1.54) is 0 Å². The van der Waals surface area contributed by atoms with Crippen molar-refractivity contribution < 1.29 is 9.53 Å². The summed E-state index contributed by atoms with van der Waals surface area (Å²) in [5, 5.41) is 3.54. The number of rotatable bonds is 6. The van der Waals surface area contributed by atoms with Crippen LogP contribution in [0.25, 0.3) is 0 Å². The maximum absolute atomic E-state index is 11.5. The summed E-state index contributed by atoms with van der Waals surface area (Å²) >= 11 is 5.84. The van der Waals surface area contributed by atoms with E-state index >= 15 is 0 Å². The van der Waals surface area contributed by atoms with Gasteiger partial charge >= 0.3 is 0 Å². The summed E-state index contributed by atoms with van der Waals surface area (Å²) in [6, 6.07) is 7.26. The molecule has 0 saturated heterocycles. The summed E-state index contributed by atoms with van der Waals surface area (Å²) in [5.41, 5.74) is 6.31. The van der Waals surface area contributed by atoms with Gasteiger partial charge in [-0.05, 0) is 24.6 Å². The van der Waals surface area contributed by atoms with E-state index in [1.807, 2.05) is 19.1 Å². The molecule has 0 aromatic heterocycles. The second-order valence-corrected chi connectivity index (χ2v) is 4.54. The summed E-state index contributed by atoms with van der Waals surface area (Å²) in [6.07, 6.45) is 0.116. The molecular weight excluding hydrogens is 287 g/mol. The van der Waals surface area contributed by atoms with Crippen LogP contribution in [0.5, 0.6) is 0 Å². The highest BCUT2D eigenvalue weighted by molar-refractivity contribution is 6.30. The van der Waals surface area contributed by atoms with Crippen LogP contribution in [0.1, 0.15) is 25.0 Å². The number of hydrogen-bond donors (Lipinski definition) is 2. The number of carbonyl (C=O) groups excluding carboxylic acids is 1. The number of hydrogen-bond acceptors (Lipinski definition) is 3. The van der Waals surface area contributed by atoms with Crippen LogP contribution in [0, 0.1) is 0 Å². The van der Waals surface area contributed by atoms with Crippen molar-refractivity contribution in [1.82, 2.24) is 5.32 Å². The first-order valence-electron chi connectivity index (χ1n) is 5.86. The van der Waals surface area contributed by atoms with Crippen LogP contribution in [-0.2, 0) is 9.53 Å². The molecule has 0 spiro atoms. The van der Waals surface area contributed by atoms with E-state index in [4.69, 9.17) is 22.1 Å². The SMILES string of the molecule is COC(c1ccc(Cl)cc1)C(C)NC(=O)CCN.Cl. The zero-order chi connectivity index (χ0) is 13.5. The maximum atomic E-state index is 11.5. The highest BCUT2D eigenvalue weighted by atomic mass is 35.5. The third-order valence-corrected chi connectivity index (χ3v) is 2.92. The van der Waals surface area contributed by atoms with Crippen molar-refractivity contribution >= 4 is 29.9 Å². The summed E-state index contributed by atoms with van der Waals surface area (Å²) < 4.78 is 5.43. The lowest BCUT2D eigenvalue weighted by Crippen LogP contribution is -2.38. The largest absolute Gasteiger partial charge is 0.375 e. The molecule has 1 rings (SSSR count). The smallest absolute Gasteiger partial charge is 0.221 e. The molecular formula is C13H20Cl2N2O2. The molecule has 3 N–H and O–H groups in total. The summed E-state index contributed by atoms with van der Waals surface area (Å²) in [4.78, 5) is 11.5. The van der Waals surface area contributed by atoms with E-state index in [-0.39, 0.29) is 30.5 Å². The quantitative estimate of drug-likeness (QED) is 0.847. The number of carbonyl (C=O) groups is 1. The topological polar surface area (TPSA) is 64.3 Å². The Labute approximate surface area is 125 Å². The molecule has 0 radical (unpaired) electrons. The Kier molecular flexibility index (Phi) is 8.76. The Morgan fingerprint density at radius 3 is 2.47 bits per heavy atom. The van der Waals surface area contributed by atoms with Crippen LogP contribution in [0.3, 0.4) is 0 Å². The molecule has 2 unspecified atom stereocenters. The molecule has 2 atom stereocenters. The minimum absolute atomic E-state index is 0. The second-order valence-electron chi connectivity index (χ2n) is 4.10. The van der Waals surface area contributed by atoms with Crippen LogP contribution >= 0.6 is 24.0 Å². The fourth-order valence-electron chi connectivity index (χ4n) is 1.81. The van der Waals surface area contributed by atoms with Crippen LogP contribution in [0.4, 0.5) is 0 Å². The number of nitrogens with two attached hydrogens (primary N) is 1. The summed E-state index contributed by atoms with van der Waals surface area (Å²) in [7, 11) is 1.62. The van der Waals surface area contributed by atoms with Crippen molar-refractivity contribution in [3.05, 3.63) is 34.9 Å². The monoisotopic (exact) mass is 306 g/mol. The average molecular weight is 307 g/mol. The predicted molar refractivity (Wildman–Crippen MR) is 79.7 cm³/mol. The highest BCUT2D eigenvalue weighted by Gasteiger charge is 2.20. The van der Waals surface area contributed by atoms with Crippen LogP contribution in [0.2, 0.25) is 5.02 Å². The Bertz CT molecular complexity index is 385. The van der Waals surface area contributed by atoms with Crippen LogP contribution < -0.4 is 11.1 Å². The number of benzene rings is 1. The van der Waals surface area contributed by atoms with Gasteiger partial charge in [0, 0.05) is 25.1 Å². The molecule has 0 heterocycles. The van der Waals surface area contributed by atoms with Gasteiger partial charge in [0.25, 0.3) is 0 Å². The zero-order valence-electron chi connectivity index (χ0n) is 11.1. The first-order valence-corrected chi connectivity index (χ1v) is 6.24. The van der Waals surface area contributed by atoms with Gasteiger partial charge in [0.05, 0.1) is 6.04 Å². The van der Waals surface area contributed by atoms with E-state index in [1.54, 1.807) is 19.2 Å². The summed E-state index contributed by atoms with van der Waals surface area (Å²) in [5.74, 6) is -0.0685. The molecule has 1 aromatic rings. The van der Waals surface area contributed by atoms with E-state index < -0.39 is 0 Å². The van der Waals surface area contributed by atoms with Gasteiger partial charge in [0.2, 0.25) is 5.91 Å². The van der Waals surface area contributed by atoms with Crippen molar-refractivity contribution in [2.24, 2.45) is 5.73 Å². The number of halogens is 2. The predicted octanol–water partition coefficient (Wildman–Crippen LogP) is 2.30. The molecule has 0 saturated carbocycles. The van der Waals surface area contributed by atoms with Gasteiger partial charge in [-0.3, -0.25) is 4.79 Å². The molecule has 0 bridgehead atoms. The van der Waals surface area contributed by atoms with E-state index in [0.717, 1.165) is 5.56 Å². The fraction of sp³-hybridized carbons (Fsp3) is 0.462. The molecule has 0 fully saturated rings. The summed E-state index contributed by atoms with van der Waals surface area (Å²) in [6.45, 7) is 2.24. The van der Waals surface area contributed by atoms with Crippen molar-refractivity contribution in [3.63, 3.8) is 0 Å². The van der Waals surface area contributed by atoms with Gasteiger partial charge < -0.3 is 15.8 Å². The molecule has 1 amide bonds. The maximum Gasteiger partial charge on any atom is 0.221 e. The van der Waals surface area contributed by atoms with Gasteiger partial charge in [0.15, 0.2) is 0 Å². The van der Waals surface area contributed by atoms with Gasteiger partial charge in [-0.1, -0.05) is 23.7 Å². The Balaban J connectivity index is 0.00000324. The van der Waals surface area contributed by atoms with Gasteiger partial charge in [0.1, 0.15) is 6.10 Å². The second kappa shape index (κ2) is 9.15. The average Bonchev–Trinajstić information content (AvgIpc) is 2.32. The number of nitrogens with one attached hydrogen (secondary N) is 1. The molecule has 0 aliphatic heterocycles. The van der Waals surface area contributed by atoms with Gasteiger partial charge in [-0.25, -0.2) is 0 Å². The van der Waals surface area contributed by atoms with E-state index in [9.17, 15) is 4.79 Å². The zero-order valence-corrected chi connectivity index (χ0v) is 12.6. The van der Waals surface area contributed by atoms with Crippen LogP contribution in [0.15, 0.2) is 24.3 Å². The first-order chi connectivity index (χ1) is 8.58. The van der Waals surface area contributed by atoms with E-state index in [0.29, 0.717) is 18.0 Å². The van der Waals surface area contributed by atoms with E-state index in [2.05, 4.69) is 5.32 Å². The highest BCUT2D eigenvalue weighted by Crippen LogP contribution is 2.22. The van der Waals surface area contributed by atoms with Gasteiger partial charge in [-0.2, -0.15) is 0 Å². The third kappa shape index (κ3) is 5.78. The molecule has 0 aliphatic rings. The first kappa shape index (κ1) is 18.2. The molecule has 19 heavy (non-hydrogen) atoms. The lowest BCUT2D eigenvalue weighted by molar-refractivity contribution is -0.122. The molecule has 0 aliphatic carbocycles. The Morgan fingerprint density at radius 1 is 1.42 bits per heavy atom. The third-order valence-electron chi connectivity index (χ3n) is 2.67. The van der Waals surface area contributed by atoms with Crippen LogP contribution in [-0.4, -0.2) is 25.6 Å². The van der Waals surface area contributed by atoms with Crippen molar-refractivity contribution in [2.45, 2.75) is 25.5 Å². The van der Waals surface area contributed by atoms with Crippen molar-refractivity contribution in [3.8, 4) is 0 Å². The van der Waals surface area contributed by atoms with Gasteiger partial charge in [-0.15, -0.1) is 12.4 Å². The number of amides is 1. The lowest BCUT2D eigenvalue weighted by atomic mass is 10.0. The molecule has 4 nitrogen and oxygen atoms in total. The van der Waals surface area contributed by atoms with Crippen molar-refractivity contribution in [2.75, 3.05) is 13.7 Å². The Hall–Kier alpha value is -0.810. The van der Waals surface area contributed by atoms with Crippen molar-refractivity contribution in [1.29, 1.82) is 0 Å². The fourth-order valence-corrected chi connectivity index (χ4v) is 1.94. The molecule has 108 valence electrons. The number of ether oxygens (including phenoxy) is 1. The molecule has 6 heteroatoms. The molecule has 1 aromatic carbocycles. The lowest BCUT2D eigenvalue weighted by Gasteiger charge is -2.24.